The quantitative estimate of drug-likeness (QED) is 0.219. The van der Waals surface area contributed by atoms with Crippen molar-refractivity contribution in [2.75, 3.05) is 44.7 Å². The lowest BCUT2D eigenvalue weighted by atomic mass is 10.0. The molecule has 0 spiro atoms. The van der Waals surface area contributed by atoms with E-state index in [4.69, 9.17) is 44.3 Å². The Morgan fingerprint density at radius 1 is 0.825 bits per heavy atom. The normalized spacial score (nSPS) is 12.8. The van der Waals surface area contributed by atoms with E-state index in [-0.39, 0.29) is 0 Å². The molecule has 0 aliphatic carbocycles. The molecule has 13 nitrogen and oxygen atoms in total. The highest BCUT2D eigenvalue weighted by Crippen LogP contribution is 2.30. The van der Waals surface area contributed by atoms with Gasteiger partial charge in [0, 0.05) is 36.0 Å². The molecule has 1 aliphatic rings. The molecule has 1 saturated heterocycles. The third-order valence-electron chi connectivity index (χ3n) is 5.88. The van der Waals surface area contributed by atoms with Gasteiger partial charge in [-0.25, -0.2) is 19.2 Å². The third-order valence-corrected chi connectivity index (χ3v) is 5.88. The molecule has 0 atom stereocenters. The van der Waals surface area contributed by atoms with Crippen LogP contribution in [0.1, 0.15) is 17.5 Å². The summed E-state index contributed by atoms with van der Waals surface area (Å²) in [7, 11) is 0. The lowest BCUT2D eigenvalue weighted by Crippen LogP contribution is -2.37. The first-order valence-electron chi connectivity index (χ1n) is 12.3. The molecule has 40 heavy (non-hydrogen) atoms. The Hall–Kier alpha value is -4.62. The number of fused-ring (bicyclic) bond motifs is 1. The number of benzene rings is 2. The third kappa shape index (κ3) is 9.93. The minimum absolute atomic E-state index is 0.851. The van der Waals surface area contributed by atoms with Gasteiger partial charge in [0.05, 0.1) is 13.2 Å². The molecule has 2 heterocycles. The Labute approximate surface area is 230 Å². The van der Waals surface area contributed by atoms with Crippen LogP contribution in [-0.4, -0.2) is 98.8 Å². The molecule has 3 aromatic rings. The predicted octanol–water partition coefficient (Wildman–Crippen LogP) is 2.36. The number of anilines is 1. The maximum Gasteiger partial charge on any atom is 0.414 e. The van der Waals surface area contributed by atoms with E-state index in [0.717, 1.165) is 73.7 Å². The summed E-state index contributed by atoms with van der Waals surface area (Å²) in [5.74, 6) is -6.43. The Bertz CT molecular complexity index is 1290. The van der Waals surface area contributed by atoms with Gasteiger partial charge in [-0.1, -0.05) is 36.4 Å². The number of rotatable bonds is 6. The van der Waals surface area contributed by atoms with Gasteiger partial charge < -0.3 is 30.5 Å². The molecule has 1 fully saturated rings. The number of morpholine rings is 1. The predicted molar refractivity (Wildman–Crippen MR) is 145 cm³/mol. The van der Waals surface area contributed by atoms with Crippen LogP contribution in [0.5, 0.6) is 0 Å². The Kier molecular flexibility index (Phi) is 12.4. The van der Waals surface area contributed by atoms with Crippen molar-refractivity contribution in [3.8, 4) is 11.3 Å². The average Bonchev–Trinajstić information content (AvgIpc) is 2.94. The van der Waals surface area contributed by atoms with Crippen molar-refractivity contribution in [2.45, 2.75) is 20.3 Å². The zero-order chi connectivity index (χ0) is 29.7. The van der Waals surface area contributed by atoms with Crippen LogP contribution < -0.4 is 5.32 Å². The first-order chi connectivity index (χ1) is 19.0. The zero-order valence-corrected chi connectivity index (χ0v) is 22.2. The number of carboxylic acids is 4. The van der Waals surface area contributed by atoms with Crippen LogP contribution >= 0.6 is 0 Å². The van der Waals surface area contributed by atoms with Crippen LogP contribution in [0.3, 0.4) is 0 Å². The average molecular weight is 557 g/mol. The number of nitrogens with zero attached hydrogens (tertiary/aromatic N) is 3. The van der Waals surface area contributed by atoms with Crippen molar-refractivity contribution in [1.29, 1.82) is 0 Å². The molecular formula is C27H32N4O9. The van der Waals surface area contributed by atoms with E-state index in [0.29, 0.717) is 0 Å². The molecule has 13 heteroatoms. The number of hydrogen-bond donors (Lipinski definition) is 5. The topological polar surface area (TPSA) is 199 Å². The van der Waals surface area contributed by atoms with Crippen LogP contribution in [0.4, 0.5) is 5.82 Å². The minimum atomic E-state index is -1.82. The van der Waals surface area contributed by atoms with Gasteiger partial charge in [-0.3, -0.25) is 4.90 Å². The number of carbonyl (C=O) groups is 4. The highest BCUT2D eigenvalue weighted by atomic mass is 16.5. The molecule has 0 unspecified atom stereocenters. The summed E-state index contributed by atoms with van der Waals surface area (Å²) in [5.41, 5.74) is 4.62. The van der Waals surface area contributed by atoms with E-state index in [1.165, 1.54) is 11.1 Å². The highest BCUT2D eigenvalue weighted by molar-refractivity contribution is 6.27. The van der Waals surface area contributed by atoms with Crippen LogP contribution in [-0.2, 0) is 23.9 Å². The van der Waals surface area contributed by atoms with Crippen LogP contribution in [0.25, 0.3) is 22.0 Å². The lowest BCUT2D eigenvalue weighted by Gasteiger charge is -2.26. The maximum atomic E-state index is 9.10. The number of aryl methyl sites for hydroxylation is 2. The molecule has 1 aliphatic heterocycles. The van der Waals surface area contributed by atoms with Gasteiger partial charge in [0.2, 0.25) is 0 Å². The molecule has 2 aromatic carbocycles. The molecule has 1 aromatic heterocycles. The molecule has 0 amide bonds. The fraction of sp³-hybridized carbons (Fsp3) is 0.333. The fourth-order valence-electron chi connectivity index (χ4n) is 3.67. The fourth-order valence-corrected chi connectivity index (χ4v) is 3.67. The first-order valence-corrected chi connectivity index (χ1v) is 12.3. The number of nitrogens with one attached hydrogen (secondary N) is 1. The molecule has 0 bridgehead atoms. The number of aromatic nitrogens is 2. The Morgan fingerprint density at radius 3 is 1.95 bits per heavy atom. The van der Waals surface area contributed by atoms with Crippen molar-refractivity contribution in [2.24, 2.45) is 0 Å². The van der Waals surface area contributed by atoms with Crippen LogP contribution in [0, 0.1) is 13.8 Å². The van der Waals surface area contributed by atoms with Gasteiger partial charge in [0.15, 0.2) is 5.82 Å². The molecule has 214 valence electrons. The molecular weight excluding hydrogens is 524 g/mol. The van der Waals surface area contributed by atoms with E-state index < -0.39 is 23.9 Å². The smallest absolute Gasteiger partial charge is 0.414 e. The van der Waals surface area contributed by atoms with E-state index in [9.17, 15) is 0 Å². The second kappa shape index (κ2) is 15.7. The summed E-state index contributed by atoms with van der Waals surface area (Å²) in [6.45, 7) is 10.0. The summed E-state index contributed by atoms with van der Waals surface area (Å²) in [4.78, 5) is 38.9. The first kappa shape index (κ1) is 31.6. The van der Waals surface area contributed by atoms with Gasteiger partial charge in [0.1, 0.15) is 5.69 Å². The number of hydrogen-bond acceptors (Lipinski definition) is 9. The summed E-state index contributed by atoms with van der Waals surface area (Å²) < 4.78 is 5.41. The zero-order valence-electron chi connectivity index (χ0n) is 22.2. The van der Waals surface area contributed by atoms with E-state index in [2.05, 4.69) is 76.7 Å². The summed E-state index contributed by atoms with van der Waals surface area (Å²) in [5, 5.41) is 44.4. The second-order valence-electron chi connectivity index (χ2n) is 8.70. The highest BCUT2D eigenvalue weighted by Gasteiger charge is 2.12. The SMILES string of the molecule is Cc1ccc(-c2nnc(NCCCN3CCOCC3)c3ccccc23)cc1C.O=C(O)C(=O)O.O=C(O)C(=O)O. The van der Waals surface area contributed by atoms with Gasteiger partial charge in [-0.2, -0.15) is 0 Å². The summed E-state index contributed by atoms with van der Waals surface area (Å²) in [6.07, 6.45) is 1.08. The minimum Gasteiger partial charge on any atom is -0.473 e. The van der Waals surface area contributed by atoms with E-state index in [1.54, 1.807) is 0 Å². The number of ether oxygens (including phenoxy) is 1. The monoisotopic (exact) mass is 556 g/mol. The lowest BCUT2D eigenvalue weighted by molar-refractivity contribution is -0.159. The standard InChI is InChI=1S/C23H28N4O.2C2H2O4/c1-17-8-9-19(16-18(17)2)22-20-6-3-4-7-21(20)23(26-25-22)24-10-5-11-27-12-14-28-15-13-27;2*3-1(4)2(5)6/h3-4,6-9,16H,5,10-15H2,1-2H3,(H,24,26);2*(H,3,4)(H,5,6). The van der Waals surface area contributed by atoms with Gasteiger partial charge in [0.25, 0.3) is 0 Å². The number of carboxylic acid groups (broad SMARTS) is 4. The molecule has 0 saturated carbocycles. The van der Waals surface area contributed by atoms with Crippen molar-refractivity contribution in [1.82, 2.24) is 15.1 Å². The van der Waals surface area contributed by atoms with Gasteiger partial charge in [-0.15, -0.1) is 10.2 Å². The van der Waals surface area contributed by atoms with E-state index >= 15 is 0 Å². The number of aliphatic carboxylic acids is 4. The van der Waals surface area contributed by atoms with E-state index in [1.807, 2.05) is 0 Å². The molecule has 0 radical (unpaired) electrons. The second-order valence-corrected chi connectivity index (χ2v) is 8.70. The Balaban J connectivity index is 0.000000393. The van der Waals surface area contributed by atoms with Crippen LogP contribution in [0.2, 0.25) is 0 Å². The van der Waals surface area contributed by atoms with Crippen LogP contribution in [0.15, 0.2) is 42.5 Å². The van der Waals surface area contributed by atoms with Crippen molar-refractivity contribution in [3.05, 3.63) is 53.6 Å². The largest absolute Gasteiger partial charge is 0.473 e. The van der Waals surface area contributed by atoms with Crippen molar-refractivity contribution >= 4 is 40.5 Å². The molecule has 4 rings (SSSR count). The maximum absolute atomic E-state index is 9.10. The van der Waals surface area contributed by atoms with Crippen molar-refractivity contribution < 1.29 is 44.3 Å². The van der Waals surface area contributed by atoms with Gasteiger partial charge in [-0.05, 0) is 44.0 Å². The van der Waals surface area contributed by atoms with Gasteiger partial charge >= 0.3 is 23.9 Å². The Morgan fingerprint density at radius 2 is 1.40 bits per heavy atom. The summed E-state index contributed by atoms with van der Waals surface area (Å²) in [6, 6.07) is 14.9. The van der Waals surface area contributed by atoms with Crippen molar-refractivity contribution in [3.63, 3.8) is 0 Å². The summed E-state index contributed by atoms with van der Waals surface area (Å²) >= 11 is 0. The molecule has 5 N–H and O–H groups in total.